The molecule has 1 aromatic carbocycles. The van der Waals surface area contributed by atoms with E-state index in [0.29, 0.717) is 15.6 Å². The fourth-order valence-electron chi connectivity index (χ4n) is 0.896. The van der Waals surface area contributed by atoms with Crippen molar-refractivity contribution in [1.29, 1.82) is 0 Å². The first-order valence-electron chi connectivity index (χ1n) is 3.49. The van der Waals surface area contributed by atoms with E-state index >= 15 is 0 Å². The van der Waals surface area contributed by atoms with E-state index in [-0.39, 0.29) is 5.84 Å². The lowest BCUT2D eigenvalue weighted by Crippen LogP contribution is -2.13. The van der Waals surface area contributed by atoms with Crippen LogP contribution in [0.25, 0.3) is 0 Å². The monoisotopic (exact) mass is 218 g/mol. The average Bonchev–Trinajstić information content (AvgIpc) is 2.10. The molecule has 0 saturated carbocycles. The number of oxime groups is 1. The summed E-state index contributed by atoms with van der Waals surface area (Å²) in [7, 11) is 0. The normalized spacial score (nSPS) is 11.8. The summed E-state index contributed by atoms with van der Waals surface area (Å²) in [6, 6.07) is 3.23. The minimum atomic E-state index is -0.0492. The van der Waals surface area contributed by atoms with Crippen molar-refractivity contribution in [3.63, 3.8) is 0 Å². The Morgan fingerprint density at radius 2 is 2.00 bits per heavy atom. The number of nitrogens with zero attached hydrogens (tertiary/aromatic N) is 1. The molecule has 0 saturated heterocycles. The molecule has 13 heavy (non-hydrogen) atoms. The van der Waals surface area contributed by atoms with Gasteiger partial charge in [0.2, 0.25) is 0 Å². The van der Waals surface area contributed by atoms with Crippen LogP contribution in [0.2, 0.25) is 10.0 Å². The predicted molar refractivity (Wildman–Crippen MR) is 53.7 cm³/mol. The second-order valence-corrected chi connectivity index (χ2v) is 3.38. The molecule has 0 aromatic heterocycles. The van der Waals surface area contributed by atoms with Gasteiger partial charge in [0, 0.05) is 10.6 Å². The molecule has 1 aromatic rings. The third-order valence-corrected chi connectivity index (χ3v) is 2.35. The molecule has 1 rings (SSSR count). The first kappa shape index (κ1) is 10.2. The molecule has 0 fully saturated rings. The maximum atomic E-state index is 8.43. The van der Waals surface area contributed by atoms with E-state index in [9.17, 15) is 0 Å². The van der Waals surface area contributed by atoms with Gasteiger partial charge in [0.25, 0.3) is 0 Å². The van der Waals surface area contributed by atoms with E-state index in [1.54, 1.807) is 12.1 Å². The van der Waals surface area contributed by atoms with Crippen LogP contribution < -0.4 is 5.73 Å². The first-order valence-corrected chi connectivity index (χ1v) is 4.25. The fourth-order valence-corrected chi connectivity index (χ4v) is 1.38. The molecule has 0 heterocycles. The molecule has 0 bridgehead atoms. The zero-order valence-corrected chi connectivity index (χ0v) is 8.39. The zero-order chi connectivity index (χ0) is 10.0. The van der Waals surface area contributed by atoms with Gasteiger partial charge in [-0.15, -0.1) is 0 Å². The molecule has 3 N–H and O–H groups in total. The molecule has 0 aliphatic rings. The number of halogens is 2. The predicted octanol–water partition coefficient (Wildman–Crippen LogP) is 2.40. The molecular formula is C8H8Cl2N2O. The Balaban J connectivity index is 3.32. The Morgan fingerprint density at radius 1 is 1.38 bits per heavy atom. The van der Waals surface area contributed by atoms with Gasteiger partial charge in [0.05, 0.1) is 5.02 Å². The Bertz CT molecular complexity index is 363. The van der Waals surface area contributed by atoms with Crippen LogP contribution in [0.1, 0.15) is 11.1 Å². The van der Waals surface area contributed by atoms with Crippen molar-refractivity contribution in [2.75, 3.05) is 0 Å². The topological polar surface area (TPSA) is 58.6 Å². The number of amidine groups is 1. The highest BCUT2D eigenvalue weighted by Crippen LogP contribution is 2.24. The van der Waals surface area contributed by atoms with Crippen molar-refractivity contribution >= 4 is 29.0 Å². The SMILES string of the molecule is Cc1cc(Cl)c(/C(N)=N/O)cc1Cl. The number of hydrogen-bond acceptors (Lipinski definition) is 2. The van der Waals surface area contributed by atoms with Crippen LogP contribution in [-0.2, 0) is 0 Å². The van der Waals surface area contributed by atoms with Crippen molar-refractivity contribution in [1.82, 2.24) is 0 Å². The first-order chi connectivity index (χ1) is 6.06. The smallest absolute Gasteiger partial charge is 0.171 e. The van der Waals surface area contributed by atoms with Gasteiger partial charge < -0.3 is 10.9 Å². The largest absolute Gasteiger partial charge is 0.409 e. The number of hydrogen-bond donors (Lipinski definition) is 2. The summed E-state index contributed by atoms with van der Waals surface area (Å²) in [6.45, 7) is 1.82. The maximum Gasteiger partial charge on any atom is 0.171 e. The molecular weight excluding hydrogens is 211 g/mol. The minimum Gasteiger partial charge on any atom is -0.409 e. The minimum absolute atomic E-state index is 0.0492. The summed E-state index contributed by atoms with van der Waals surface area (Å²) < 4.78 is 0. The highest BCUT2D eigenvalue weighted by Gasteiger charge is 2.07. The summed E-state index contributed by atoms with van der Waals surface area (Å²) in [5.74, 6) is -0.0492. The summed E-state index contributed by atoms with van der Waals surface area (Å²) in [4.78, 5) is 0. The van der Waals surface area contributed by atoms with Crippen molar-refractivity contribution in [3.05, 3.63) is 33.3 Å². The Morgan fingerprint density at radius 3 is 2.54 bits per heavy atom. The number of benzene rings is 1. The molecule has 0 aliphatic carbocycles. The third kappa shape index (κ3) is 2.05. The lowest BCUT2D eigenvalue weighted by molar-refractivity contribution is 0.318. The molecule has 0 atom stereocenters. The molecule has 0 unspecified atom stereocenters. The van der Waals surface area contributed by atoms with E-state index in [2.05, 4.69) is 5.16 Å². The second-order valence-electron chi connectivity index (χ2n) is 2.57. The van der Waals surface area contributed by atoms with Crippen LogP contribution in [0, 0.1) is 6.92 Å². The summed E-state index contributed by atoms with van der Waals surface area (Å²) in [5.41, 5.74) is 6.65. The van der Waals surface area contributed by atoms with Gasteiger partial charge in [-0.05, 0) is 24.6 Å². The quantitative estimate of drug-likeness (QED) is 0.329. The zero-order valence-electron chi connectivity index (χ0n) is 6.88. The fraction of sp³-hybridized carbons (Fsp3) is 0.125. The molecule has 70 valence electrons. The lowest BCUT2D eigenvalue weighted by Gasteiger charge is -2.04. The Hall–Kier alpha value is -0.930. The average molecular weight is 219 g/mol. The maximum absolute atomic E-state index is 8.43. The van der Waals surface area contributed by atoms with Crippen molar-refractivity contribution in [3.8, 4) is 0 Å². The summed E-state index contributed by atoms with van der Waals surface area (Å²) >= 11 is 11.7. The van der Waals surface area contributed by atoms with Gasteiger partial charge in [-0.2, -0.15) is 0 Å². The Labute approximate surface area is 85.8 Å². The van der Waals surface area contributed by atoms with Gasteiger partial charge in [0.15, 0.2) is 5.84 Å². The third-order valence-electron chi connectivity index (χ3n) is 1.63. The molecule has 3 nitrogen and oxygen atoms in total. The van der Waals surface area contributed by atoms with Gasteiger partial charge in [-0.1, -0.05) is 28.4 Å². The molecule has 0 radical (unpaired) electrons. The van der Waals surface area contributed by atoms with Crippen molar-refractivity contribution < 1.29 is 5.21 Å². The number of aryl methyl sites for hydroxylation is 1. The van der Waals surface area contributed by atoms with Gasteiger partial charge in [-0.3, -0.25) is 0 Å². The summed E-state index contributed by atoms with van der Waals surface area (Å²) in [5, 5.41) is 12.2. The van der Waals surface area contributed by atoms with Crippen LogP contribution in [0.5, 0.6) is 0 Å². The highest BCUT2D eigenvalue weighted by molar-refractivity contribution is 6.36. The van der Waals surface area contributed by atoms with Crippen LogP contribution in [0.4, 0.5) is 0 Å². The molecule has 0 aliphatic heterocycles. The lowest BCUT2D eigenvalue weighted by atomic mass is 10.1. The van der Waals surface area contributed by atoms with Crippen LogP contribution >= 0.6 is 23.2 Å². The van der Waals surface area contributed by atoms with E-state index in [1.165, 1.54) is 0 Å². The van der Waals surface area contributed by atoms with Crippen molar-refractivity contribution in [2.45, 2.75) is 6.92 Å². The van der Waals surface area contributed by atoms with Crippen LogP contribution in [0.3, 0.4) is 0 Å². The van der Waals surface area contributed by atoms with Crippen molar-refractivity contribution in [2.24, 2.45) is 10.9 Å². The summed E-state index contributed by atoms with van der Waals surface area (Å²) in [6.07, 6.45) is 0. The van der Waals surface area contributed by atoms with E-state index < -0.39 is 0 Å². The van der Waals surface area contributed by atoms with Gasteiger partial charge in [-0.25, -0.2) is 0 Å². The van der Waals surface area contributed by atoms with Crippen LogP contribution in [-0.4, -0.2) is 11.0 Å². The van der Waals surface area contributed by atoms with Gasteiger partial charge >= 0.3 is 0 Å². The Kier molecular flexibility index (Phi) is 3.01. The van der Waals surface area contributed by atoms with E-state index in [1.807, 2.05) is 6.92 Å². The van der Waals surface area contributed by atoms with Crippen LogP contribution in [0.15, 0.2) is 17.3 Å². The second kappa shape index (κ2) is 3.85. The highest BCUT2D eigenvalue weighted by atomic mass is 35.5. The standard InChI is InChI=1S/C8H8Cl2N2O/c1-4-2-7(10)5(3-6(4)9)8(11)12-13/h2-3,13H,1H3,(H2,11,12). The van der Waals surface area contributed by atoms with E-state index in [4.69, 9.17) is 34.1 Å². The van der Waals surface area contributed by atoms with Gasteiger partial charge in [0.1, 0.15) is 0 Å². The molecule has 5 heteroatoms. The van der Waals surface area contributed by atoms with E-state index in [0.717, 1.165) is 5.56 Å². The number of nitrogens with two attached hydrogens (primary N) is 1. The molecule has 0 spiro atoms. The molecule has 0 amide bonds. The number of rotatable bonds is 1.